The van der Waals surface area contributed by atoms with Crippen LogP contribution in [0.5, 0.6) is 0 Å². The van der Waals surface area contributed by atoms with Crippen LogP contribution >= 0.6 is 11.6 Å². The number of tetrazole rings is 1. The molecule has 1 N–H and O–H groups in total. The average Bonchev–Trinajstić information content (AvgIpc) is 3.67. The van der Waals surface area contributed by atoms with Crippen molar-refractivity contribution in [3.63, 3.8) is 0 Å². The molecule has 2 aromatic carbocycles. The first-order chi connectivity index (χ1) is 19.7. The summed E-state index contributed by atoms with van der Waals surface area (Å²) in [7, 11) is 1.30. The van der Waals surface area contributed by atoms with Crippen LogP contribution in [0, 0.1) is 16.9 Å². The Morgan fingerprint density at radius 1 is 1.12 bits per heavy atom. The molecule has 0 aliphatic heterocycles. The second kappa shape index (κ2) is 11.7. The molecule has 11 nitrogen and oxygen atoms in total. The number of carbonyl (C=O) groups is 1. The Kier molecular flexibility index (Phi) is 7.92. The predicted octanol–water partition coefficient (Wildman–Crippen LogP) is 5.43. The number of nitrogens with one attached hydrogen (secondary N) is 1. The lowest BCUT2D eigenvalue weighted by Crippen LogP contribution is -2.36. The lowest BCUT2D eigenvalue weighted by Gasteiger charge is -2.20. The molecule has 41 heavy (non-hydrogen) atoms. The van der Waals surface area contributed by atoms with Gasteiger partial charge in [0.15, 0.2) is 12.0 Å². The van der Waals surface area contributed by atoms with Crippen molar-refractivity contribution >= 4 is 23.4 Å². The predicted molar refractivity (Wildman–Crippen MR) is 150 cm³/mol. The van der Waals surface area contributed by atoms with Crippen LogP contribution in [0.15, 0.2) is 73.4 Å². The van der Waals surface area contributed by atoms with Gasteiger partial charge in [0, 0.05) is 23.5 Å². The van der Waals surface area contributed by atoms with E-state index in [9.17, 15) is 10.0 Å². The molecule has 0 saturated heterocycles. The highest BCUT2D eigenvalue weighted by molar-refractivity contribution is 6.31. The number of amides is 1. The monoisotopic (exact) mass is 576 g/mol. The van der Waals surface area contributed by atoms with Crippen LogP contribution in [-0.2, 0) is 4.74 Å². The molecule has 5 aromatic rings. The maximum atomic E-state index is 15.3. The van der Waals surface area contributed by atoms with Crippen molar-refractivity contribution in [2.75, 3.05) is 12.4 Å². The summed E-state index contributed by atoms with van der Waals surface area (Å²) in [6.07, 6.45) is 6.33. The van der Waals surface area contributed by atoms with Crippen molar-refractivity contribution in [3.05, 3.63) is 95.2 Å². The Labute approximate surface area is 239 Å². The number of methoxy groups -OCH3 is 1. The molecule has 0 bridgehead atoms. The summed E-state index contributed by atoms with van der Waals surface area (Å²) in [4.78, 5) is 11.5. The molecule has 0 saturated carbocycles. The normalized spacial score (nSPS) is 12.0. The van der Waals surface area contributed by atoms with Gasteiger partial charge in [0.2, 0.25) is 5.69 Å². The third-order valence-corrected chi connectivity index (χ3v) is 6.80. The van der Waals surface area contributed by atoms with Crippen molar-refractivity contribution in [1.29, 1.82) is 0 Å². The van der Waals surface area contributed by atoms with Crippen molar-refractivity contribution in [2.45, 2.75) is 26.3 Å². The molecule has 0 fully saturated rings. The Morgan fingerprint density at radius 2 is 1.88 bits per heavy atom. The number of pyridine rings is 1. The highest BCUT2D eigenvalue weighted by Gasteiger charge is 2.26. The first kappa shape index (κ1) is 27.7. The highest BCUT2D eigenvalue weighted by atomic mass is 35.5. The summed E-state index contributed by atoms with van der Waals surface area (Å²) < 4.78 is 23.7. The fourth-order valence-electron chi connectivity index (χ4n) is 4.56. The molecule has 0 unspecified atom stereocenters. The standard InChI is InChI=1S/C28H26ClFN8O3/c1-17(2)12-25(36-14-20(13-32-36)18-4-7-21(8-5-18)33-28(39)41-3)23-10-6-19(15-38(23)40)26-24(37-16-31-34-35-37)11-9-22(29)27(26)30/h4-11,13-17,25H,12H2,1-3H3,(H,33,39)/t25-/m1/s1. The Hall–Kier alpha value is -4.84. The zero-order valence-corrected chi connectivity index (χ0v) is 23.2. The van der Waals surface area contributed by atoms with E-state index in [1.165, 1.54) is 30.4 Å². The summed E-state index contributed by atoms with van der Waals surface area (Å²) in [6.45, 7) is 4.13. The van der Waals surface area contributed by atoms with Crippen LogP contribution in [0.3, 0.4) is 0 Å². The molecule has 3 heterocycles. The second-order valence-electron chi connectivity index (χ2n) is 9.73. The minimum Gasteiger partial charge on any atom is -0.618 e. The Balaban J connectivity index is 1.49. The van der Waals surface area contributed by atoms with E-state index >= 15 is 4.39 Å². The quantitative estimate of drug-likeness (QED) is 0.193. The summed E-state index contributed by atoms with van der Waals surface area (Å²) in [5.74, 6) is -0.441. The van der Waals surface area contributed by atoms with Crippen LogP contribution < -0.4 is 10.0 Å². The van der Waals surface area contributed by atoms with Crippen LogP contribution in [0.25, 0.3) is 27.9 Å². The van der Waals surface area contributed by atoms with Gasteiger partial charge < -0.3 is 9.94 Å². The lowest BCUT2D eigenvalue weighted by atomic mass is 9.99. The molecule has 5 rings (SSSR count). The van der Waals surface area contributed by atoms with E-state index in [1.807, 2.05) is 18.3 Å². The van der Waals surface area contributed by atoms with E-state index in [0.29, 0.717) is 29.1 Å². The van der Waals surface area contributed by atoms with Crippen LogP contribution in [-0.4, -0.2) is 43.2 Å². The van der Waals surface area contributed by atoms with Gasteiger partial charge in [-0.15, -0.1) is 5.10 Å². The van der Waals surface area contributed by atoms with E-state index < -0.39 is 18.0 Å². The minimum absolute atomic E-state index is 0.0887. The van der Waals surface area contributed by atoms with Crippen molar-refractivity contribution in [1.82, 2.24) is 30.0 Å². The van der Waals surface area contributed by atoms with Gasteiger partial charge in [0.05, 0.1) is 35.1 Å². The topological polar surface area (TPSA) is 127 Å². The molecular formula is C28H26ClFN8O3. The number of aromatic nitrogens is 7. The maximum absolute atomic E-state index is 15.3. The number of carbonyl (C=O) groups excluding carboxylic acids is 1. The number of hydrogen-bond donors (Lipinski definition) is 1. The zero-order chi connectivity index (χ0) is 29.1. The summed E-state index contributed by atoms with van der Waals surface area (Å²) in [5.41, 5.74) is 3.52. The number of rotatable bonds is 8. The van der Waals surface area contributed by atoms with E-state index in [-0.39, 0.29) is 16.5 Å². The first-order valence-electron chi connectivity index (χ1n) is 12.7. The summed E-state index contributed by atoms with van der Waals surface area (Å²) in [5, 5.41) is 31.7. The Bertz CT molecular complexity index is 1670. The number of nitrogens with zero attached hydrogens (tertiary/aromatic N) is 7. The van der Waals surface area contributed by atoms with Crippen LogP contribution in [0.4, 0.5) is 14.9 Å². The molecule has 1 atom stereocenters. The number of benzene rings is 2. The molecule has 1 amide bonds. The van der Waals surface area contributed by atoms with Crippen LogP contribution in [0.2, 0.25) is 5.02 Å². The third-order valence-electron chi connectivity index (χ3n) is 6.51. The highest BCUT2D eigenvalue weighted by Crippen LogP contribution is 2.34. The van der Waals surface area contributed by atoms with E-state index in [2.05, 4.69) is 44.5 Å². The summed E-state index contributed by atoms with van der Waals surface area (Å²) in [6, 6.07) is 13.2. The second-order valence-corrected chi connectivity index (χ2v) is 10.1. The van der Waals surface area contributed by atoms with Crippen LogP contribution in [0.1, 0.15) is 32.0 Å². The zero-order valence-electron chi connectivity index (χ0n) is 22.4. The van der Waals surface area contributed by atoms with Crippen molar-refractivity contribution in [3.8, 4) is 27.9 Å². The average molecular weight is 577 g/mol. The van der Waals surface area contributed by atoms with Gasteiger partial charge >= 0.3 is 6.09 Å². The van der Waals surface area contributed by atoms with E-state index in [4.69, 9.17) is 11.6 Å². The molecule has 0 spiro atoms. The van der Waals surface area contributed by atoms with E-state index in [1.54, 1.807) is 41.2 Å². The molecular weight excluding hydrogens is 551 g/mol. The molecule has 0 aliphatic rings. The molecule has 0 radical (unpaired) electrons. The number of ether oxygens (including phenoxy) is 1. The number of halogens is 2. The van der Waals surface area contributed by atoms with E-state index in [0.717, 1.165) is 15.9 Å². The maximum Gasteiger partial charge on any atom is 0.411 e. The third kappa shape index (κ3) is 5.87. The fourth-order valence-corrected chi connectivity index (χ4v) is 4.72. The van der Waals surface area contributed by atoms with Gasteiger partial charge in [0.1, 0.15) is 12.4 Å². The minimum atomic E-state index is -0.685. The SMILES string of the molecule is COC(=O)Nc1ccc(-c2cnn([C@H](CC(C)C)c3ccc(-c4c(-n5cnnn5)ccc(Cl)c4F)c[n+]3[O-])c2)cc1. The number of anilines is 1. The lowest BCUT2D eigenvalue weighted by molar-refractivity contribution is -0.615. The Morgan fingerprint density at radius 3 is 2.54 bits per heavy atom. The molecule has 210 valence electrons. The smallest absolute Gasteiger partial charge is 0.411 e. The fraction of sp³-hybridized carbons (Fsp3) is 0.214. The molecule has 0 aliphatic carbocycles. The first-order valence-corrected chi connectivity index (χ1v) is 13.1. The number of hydrogen-bond acceptors (Lipinski definition) is 7. The van der Waals surface area contributed by atoms with Gasteiger partial charge in [-0.05, 0) is 58.7 Å². The molecule has 13 heteroatoms. The van der Waals surface area contributed by atoms with Crippen molar-refractivity contribution in [2.24, 2.45) is 5.92 Å². The summed E-state index contributed by atoms with van der Waals surface area (Å²) >= 11 is 6.09. The van der Waals surface area contributed by atoms with Gasteiger partial charge in [0.25, 0.3) is 0 Å². The van der Waals surface area contributed by atoms with Gasteiger partial charge in [-0.25, -0.2) is 9.18 Å². The van der Waals surface area contributed by atoms with Gasteiger partial charge in [-0.1, -0.05) is 37.6 Å². The van der Waals surface area contributed by atoms with Gasteiger partial charge in [-0.3, -0.25) is 10.00 Å². The van der Waals surface area contributed by atoms with Gasteiger partial charge in [-0.2, -0.15) is 14.5 Å². The van der Waals surface area contributed by atoms with Crippen molar-refractivity contribution < 1.29 is 18.7 Å². The molecule has 3 aromatic heterocycles. The largest absolute Gasteiger partial charge is 0.618 e.